The van der Waals surface area contributed by atoms with Crippen LogP contribution in [-0.4, -0.2) is 50.2 Å². The van der Waals surface area contributed by atoms with E-state index in [9.17, 15) is 9.59 Å². The van der Waals surface area contributed by atoms with Gasteiger partial charge >= 0.3 is 5.63 Å². The number of ether oxygens (including phenoxy) is 1. The molecular weight excluding hydrogens is 432 g/mol. The number of carbonyl (C=O) groups excluding carboxylic acids is 1. The quantitative estimate of drug-likeness (QED) is 0.441. The molecule has 2 aromatic carbocycles. The lowest BCUT2D eigenvalue weighted by Gasteiger charge is -2.26. The first-order valence-electron chi connectivity index (χ1n) is 11.6. The van der Waals surface area contributed by atoms with Crippen LogP contribution in [0.25, 0.3) is 33.1 Å². The van der Waals surface area contributed by atoms with E-state index < -0.39 is 5.63 Å². The van der Waals surface area contributed by atoms with Gasteiger partial charge in [0, 0.05) is 48.1 Å². The Morgan fingerprint density at radius 1 is 1.03 bits per heavy atom. The molecule has 0 saturated carbocycles. The number of amides is 1. The fourth-order valence-electron chi connectivity index (χ4n) is 4.64. The summed E-state index contributed by atoms with van der Waals surface area (Å²) in [5.41, 5.74) is 4.67. The third kappa shape index (κ3) is 4.24. The van der Waals surface area contributed by atoms with Gasteiger partial charge in [-0.25, -0.2) is 4.79 Å². The van der Waals surface area contributed by atoms with Gasteiger partial charge in [0.2, 0.25) is 5.91 Å². The van der Waals surface area contributed by atoms with E-state index in [0.29, 0.717) is 23.3 Å². The van der Waals surface area contributed by atoms with Crippen molar-refractivity contribution in [3.63, 3.8) is 0 Å². The van der Waals surface area contributed by atoms with Crippen LogP contribution >= 0.6 is 0 Å². The van der Waals surface area contributed by atoms with Crippen molar-refractivity contribution in [2.24, 2.45) is 0 Å². The number of benzene rings is 2. The van der Waals surface area contributed by atoms with Crippen molar-refractivity contribution in [1.82, 2.24) is 10.2 Å². The highest BCUT2D eigenvalue weighted by Crippen LogP contribution is 2.37. The third-order valence-electron chi connectivity index (χ3n) is 6.62. The number of aryl methyl sites for hydroxylation is 2. The molecule has 0 radical (unpaired) electrons. The summed E-state index contributed by atoms with van der Waals surface area (Å²) in [7, 11) is 0. The fraction of sp³-hybridized carbons (Fsp3) is 0.333. The molecule has 34 heavy (non-hydrogen) atoms. The molecule has 7 nitrogen and oxygen atoms in total. The average Bonchev–Trinajstić information content (AvgIpc) is 3.28. The predicted octanol–water partition coefficient (Wildman–Crippen LogP) is 3.81. The van der Waals surface area contributed by atoms with Gasteiger partial charge in [0.25, 0.3) is 0 Å². The summed E-state index contributed by atoms with van der Waals surface area (Å²) in [4.78, 5) is 27.7. The van der Waals surface area contributed by atoms with Crippen LogP contribution in [0, 0.1) is 13.8 Å². The molecule has 1 N–H and O–H groups in total. The largest absolute Gasteiger partial charge is 0.463 e. The first-order valence-corrected chi connectivity index (χ1v) is 11.6. The van der Waals surface area contributed by atoms with Crippen molar-refractivity contribution in [2.75, 3.05) is 39.4 Å². The highest BCUT2D eigenvalue weighted by molar-refractivity contribution is 6.05. The molecule has 5 rings (SSSR count). The first kappa shape index (κ1) is 22.4. The van der Waals surface area contributed by atoms with Gasteiger partial charge in [-0.15, -0.1) is 0 Å². The number of fused-ring (bicyclic) bond motifs is 2. The maximum atomic E-state index is 12.8. The fourth-order valence-corrected chi connectivity index (χ4v) is 4.64. The molecule has 1 amide bonds. The number of hydrogen-bond donors (Lipinski definition) is 1. The lowest BCUT2D eigenvalue weighted by Crippen LogP contribution is -2.41. The number of rotatable bonds is 6. The highest BCUT2D eigenvalue weighted by atomic mass is 16.5. The van der Waals surface area contributed by atoms with Crippen LogP contribution in [0.2, 0.25) is 0 Å². The third-order valence-corrected chi connectivity index (χ3v) is 6.62. The zero-order valence-corrected chi connectivity index (χ0v) is 19.5. The Balaban J connectivity index is 1.44. The number of carbonyl (C=O) groups is 1. The van der Waals surface area contributed by atoms with Gasteiger partial charge in [0.1, 0.15) is 11.2 Å². The molecule has 3 heterocycles. The van der Waals surface area contributed by atoms with Gasteiger partial charge in [0.15, 0.2) is 0 Å². The summed E-state index contributed by atoms with van der Waals surface area (Å²) in [5, 5.41) is 4.70. The normalized spacial score (nSPS) is 14.6. The van der Waals surface area contributed by atoms with Crippen LogP contribution < -0.4 is 10.9 Å². The molecule has 176 valence electrons. The second kappa shape index (κ2) is 9.44. The zero-order chi connectivity index (χ0) is 23.7. The molecule has 1 fully saturated rings. The van der Waals surface area contributed by atoms with E-state index in [0.717, 1.165) is 65.9 Å². The first-order chi connectivity index (χ1) is 16.5. The molecule has 0 unspecified atom stereocenters. The van der Waals surface area contributed by atoms with Crippen molar-refractivity contribution in [3.8, 4) is 11.1 Å². The molecule has 2 aromatic heterocycles. The summed E-state index contributed by atoms with van der Waals surface area (Å²) in [6.45, 7) is 8.26. The monoisotopic (exact) mass is 460 g/mol. The van der Waals surface area contributed by atoms with Crippen LogP contribution in [0.3, 0.4) is 0 Å². The summed E-state index contributed by atoms with van der Waals surface area (Å²) in [6.07, 6.45) is 1.73. The predicted molar refractivity (Wildman–Crippen MR) is 131 cm³/mol. The van der Waals surface area contributed by atoms with E-state index in [2.05, 4.69) is 10.2 Å². The van der Waals surface area contributed by atoms with Gasteiger partial charge in [-0.05, 0) is 31.0 Å². The van der Waals surface area contributed by atoms with E-state index in [-0.39, 0.29) is 12.3 Å². The Hall–Kier alpha value is -3.42. The Bertz CT molecular complexity index is 1400. The number of furan rings is 1. The van der Waals surface area contributed by atoms with Crippen LogP contribution in [0.4, 0.5) is 0 Å². The SMILES string of the molecule is Cc1c(CC(=O)NCCN2CCOCC2)c(=O)oc2c(C)c3occ(-c4ccccc4)c3cc12. The number of nitrogens with one attached hydrogen (secondary N) is 1. The van der Waals surface area contributed by atoms with Gasteiger partial charge in [0.05, 0.1) is 31.5 Å². The minimum atomic E-state index is -0.481. The Labute approximate surface area is 197 Å². The maximum Gasteiger partial charge on any atom is 0.340 e. The van der Waals surface area contributed by atoms with Crippen molar-refractivity contribution in [3.05, 3.63) is 69.8 Å². The molecular formula is C27H28N2O5. The molecule has 0 bridgehead atoms. The topological polar surface area (TPSA) is 84.9 Å². The molecule has 1 aliphatic rings. The minimum absolute atomic E-state index is 0.0127. The minimum Gasteiger partial charge on any atom is -0.463 e. The van der Waals surface area contributed by atoms with E-state index in [1.807, 2.05) is 50.2 Å². The average molecular weight is 461 g/mol. The molecule has 0 atom stereocenters. The Morgan fingerprint density at radius 2 is 1.79 bits per heavy atom. The Morgan fingerprint density at radius 3 is 2.56 bits per heavy atom. The maximum absolute atomic E-state index is 12.8. The second-order valence-electron chi connectivity index (χ2n) is 8.74. The van der Waals surface area contributed by atoms with Crippen molar-refractivity contribution < 1.29 is 18.4 Å². The number of hydrogen-bond acceptors (Lipinski definition) is 6. The Kier molecular flexibility index (Phi) is 6.22. The van der Waals surface area contributed by atoms with E-state index in [4.69, 9.17) is 13.6 Å². The van der Waals surface area contributed by atoms with Crippen LogP contribution in [0.1, 0.15) is 16.7 Å². The van der Waals surface area contributed by atoms with E-state index >= 15 is 0 Å². The van der Waals surface area contributed by atoms with Crippen LogP contribution in [-0.2, 0) is 16.0 Å². The number of nitrogens with zero attached hydrogens (tertiary/aromatic N) is 1. The highest BCUT2D eigenvalue weighted by Gasteiger charge is 2.20. The molecule has 7 heteroatoms. The smallest absolute Gasteiger partial charge is 0.340 e. The van der Waals surface area contributed by atoms with Crippen LogP contribution in [0.15, 0.2) is 56.3 Å². The molecule has 0 spiro atoms. The van der Waals surface area contributed by atoms with Gasteiger partial charge in [-0.1, -0.05) is 30.3 Å². The lowest BCUT2D eigenvalue weighted by molar-refractivity contribution is -0.120. The van der Waals surface area contributed by atoms with E-state index in [1.54, 1.807) is 6.26 Å². The van der Waals surface area contributed by atoms with Crippen molar-refractivity contribution in [2.45, 2.75) is 20.3 Å². The van der Waals surface area contributed by atoms with E-state index in [1.165, 1.54) is 0 Å². The van der Waals surface area contributed by atoms with Crippen molar-refractivity contribution in [1.29, 1.82) is 0 Å². The standard InChI is InChI=1S/C27H28N2O5/c1-17-20-14-22-23(19-6-4-3-5-7-19)16-33-25(22)18(2)26(20)34-27(31)21(17)15-24(30)28-8-9-29-10-12-32-13-11-29/h3-7,14,16H,8-13,15H2,1-2H3,(H,28,30). The second-order valence-corrected chi connectivity index (χ2v) is 8.74. The van der Waals surface area contributed by atoms with Gasteiger partial charge < -0.3 is 18.9 Å². The van der Waals surface area contributed by atoms with Gasteiger partial charge in [-0.3, -0.25) is 9.69 Å². The molecule has 1 saturated heterocycles. The number of morpholine rings is 1. The zero-order valence-electron chi connectivity index (χ0n) is 19.5. The molecule has 1 aliphatic heterocycles. The summed E-state index contributed by atoms with van der Waals surface area (Å²) >= 11 is 0. The summed E-state index contributed by atoms with van der Waals surface area (Å²) in [5.74, 6) is -0.186. The summed E-state index contributed by atoms with van der Waals surface area (Å²) < 4.78 is 16.9. The summed E-state index contributed by atoms with van der Waals surface area (Å²) in [6, 6.07) is 12.0. The van der Waals surface area contributed by atoms with Crippen LogP contribution in [0.5, 0.6) is 0 Å². The lowest BCUT2D eigenvalue weighted by atomic mass is 9.97. The molecule has 4 aromatic rings. The van der Waals surface area contributed by atoms with Crippen molar-refractivity contribution >= 4 is 27.8 Å². The molecule has 0 aliphatic carbocycles. The van der Waals surface area contributed by atoms with Gasteiger partial charge in [-0.2, -0.15) is 0 Å².